The minimum absolute atomic E-state index is 0.00142. The zero-order valence-electron chi connectivity index (χ0n) is 11.5. The van der Waals surface area contributed by atoms with E-state index in [1.54, 1.807) is 6.07 Å². The number of nitrogens with zero attached hydrogens (tertiary/aromatic N) is 2. The summed E-state index contributed by atoms with van der Waals surface area (Å²) in [6.07, 6.45) is 2.09. The van der Waals surface area contributed by atoms with Gasteiger partial charge in [0, 0.05) is 42.1 Å². The summed E-state index contributed by atoms with van der Waals surface area (Å²) in [4.78, 5) is 2.17. The zero-order chi connectivity index (χ0) is 15.0. The van der Waals surface area contributed by atoms with Crippen LogP contribution in [0.15, 0.2) is 36.5 Å². The van der Waals surface area contributed by atoms with Crippen LogP contribution in [0, 0.1) is 0 Å². The third-order valence-corrected chi connectivity index (χ3v) is 4.77. The van der Waals surface area contributed by atoms with Gasteiger partial charge in [0.1, 0.15) is 0 Å². The van der Waals surface area contributed by atoms with Crippen LogP contribution in [0.4, 0.5) is 0 Å². The molecule has 2 heterocycles. The number of aromatic nitrogens is 1. The Labute approximate surface area is 139 Å². The molecular weight excluding hydrogens is 325 g/mol. The highest BCUT2D eigenvalue weighted by Gasteiger charge is 2.31. The molecule has 1 aliphatic heterocycles. The first-order valence-corrected chi connectivity index (χ1v) is 7.86. The molecule has 1 aliphatic rings. The van der Waals surface area contributed by atoms with Crippen LogP contribution in [0.1, 0.15) is 17.3 Å². The molecule has 1 aromatic heterocycles. The second-order valence-corrected chi connectivity index (χ2v) is 6.17. The molecule has 2 aromatic rings. The van der Waals surface area contributed by atoms with Crippen molar-refractivity contribution in [2.45, 2.75) is 12.6 Å². The fourth-order valence-corrected chi connectivity index (χ4v) is 3.50. The van der Waals surface area contributed by atoms with Crippen LogP contribution < -0.4 is 5.32 Å². The number of hydrogen-bond donors (Lipinski definition) is 1. The third kappa shape index (κ3) is 2.63. The normalized spacial score (nSPS) is 17.5. The molecule has 110 valence electrons. The van der Waals surface area contributed by atoms with Crippen molar-refractivity contribution in [3.8, 4) is 0 Å². The first-order chi connectivity index (χ1) is 10.1. The Morgan fingerprint density at radius 1 is 1.29 bits per heavy atom. The molecule has 1 unspecified atom stereocenters. The van der Waals surface area contributed by atoms with Crippen LogP contribution in [0.25, 0.3) is 0 Å². The maximum Gasteiger partial charge on any atom is 0.169 e. The van der Waals surface area contributed by atoms with E-state index in [-0.39, 0.29) is 6.04 Å². The first kappa shape index (κ1) is 14.7. The van der Waals surface area contributed by atoms with Gasteiger partial charge >= 0.3 is 0 Å². The molecule has 0 saturated carbocycles. The molecule has 1 aromatic carbocycles. The van der Waals surface area contributed by atoms with Gasteiger partial charge in [-0.1, -0.05) is 29.3 Å². The van der Waals surface area contributed by atoms with Crippen molar-refractivity contribution in [3.05, 3.63) is 57.8 Å². The molecule has 0 saturated heterocycles. The van der Waals surface area contributed by atoms with Gasteiger partial charge in [-0.25, -0.2) is 0 Å². The predicted octanol–water partition coefficient (Wildman–Crippen LogP) is 3.70. The zero-order valence-corrected chi connectivity index (χ0v) is 13.8. The quantitative estimate of drug-likeness (QED) is 0.800. The lowest BCUT2D eigenvalue weighted by molar-refractivity contribution is 0.287. The van der Waals surface area contributed by atoms with E-state index in [1.165, 1.54) is 5.69 Å². The fourth-order valence-electron chi connectivity index (χ4n) is 2.80. The topological polar surface area (TPSA) is 20.2 Å². The maximum absolute atomic E-state index is 6.43. The van der Waals surface area contributed by atoms with Crippen LogP contribution in [0.3, 0.4) is 0 Å². The smallest absolute Gasteiger partial charge is 0.169 e. The van der Waals surface area contributed by atoms with Crippen molar-refractivity contribution >= 4 is 40.5 Å². The molecule has 1 atom stereocenters. The third-order valence-electron chi connectivity index (χ3n) is 3.77. The Balaban J connectivity index is 2.12. The first-order valence-electron chi connectivity index (χ1n) is 6.70. The lowest BCUT2D eigenvalue weighted by Gasteiger charge is -2.39. The van der Waals surface area contributed by atoms with Gasteiger partial charge in [-0.3, -0.25) is 0 Å². The molecular formula is C15H15Cl2N3S. The van der Waals surface area contributed by atoms with E-state index in [2.05, 4.69) is 33.1 Å². The molecule has 1 N–H and O–H groups in total. The molecule has 0 spiro atoms. The Hall–Kier alpha value is -1.23. The Morgan fingerprint density at radius 3 is 2.81 bits per heavy atom. The van der Waals surface area contributed by atoms with Gasteiger partial charge in [0.05, 0.1) is 6.04 Å². The maximum atomic E-state index is 6.43. The Kier molecular flexibility index (Phi) is 4.11. The van der Waals surface area contributed by atoms with Gasteiger partial charge < -0.3 is 14.8 Å². The SMILES string of the molecule is CNC(=S)N1CCn2cccc2C1c1ccc(Cl)cc1Cl. The van der Waals surface area contributed by atoms with Gasteiger partial charge in [-0.15, -0.1) is 0 Å². The second-order valence-electron chi connectivity index (χ2n) is 4.94. The Morgan fingerprint density at radius 2 is 2.10 bits per heavy atom. The van der Waals surface area contributed by atoms with Crippen molar-refractivity contribution in [2.75, 3.05) is 13.6 Å². The number of thiocarbonyl (C=S) groups is 1. The summed E-state index contributed by atoms with van der Waals surface area (Å²) < 4.78 is 2.24. The van der Waals surface area contributed by atoms with Gasteiger partial charge in [-0.05, 0) is 42.0 Å². The van der Waals surface area contributed by atoms with Crippen LogP contribution in [-0.4, -0.2) is 28.2 Å². The largest absolute Gasteiger partial charge is 0.366 e. The molecule has 0 aliphatic carbocycles. The molecule has 0 radical (unpaired) electrons. The van der Waals surface area contributed by atoms with Gasteiger partial charge in [0.25, 0.3) is 0 Å². The van der Waals surface area contributed by atoms with Gasteiger partial charge in [0.15, 0.2) is 5.11 Å². The fraction of sp³-hybridized carbons (Fsp3) is 0.267. The van der Waals surface area contributed by atoms with Crippen molar-refractivity contribution < 1.29 is 0 Å². The average molecular weight is 340 g/mol. The van der Waals surface area contributed by atoms with E-state index >= 15 is 0 Å². The second kappa shape index (κ2) is 5.87. The standard InChI is InChI=1S/C15H15Cl2N3S/c1-18-15(21)20-8-7-19-6-2-3-13(19)14(20)11-5-4-10(16)9-12(11)17/h2-6,9,14H,7-8H2,1H3,(H,18,21). The molecule has 0 bridgehead atoms. The molecule has 6 heteroatoms. The number of halogens is 2. The Bertz CT molecular complexity index is 683. The number of benzene rings is 1. The number of fused-ring (bicyclic) bond motifs is 1. The molecule has 0 fully saturated rings. The van der Waals surface area contributed by atoms with E-state index in [0.29, 0.717) is 10.0 Å². The lowest BCUT2D eigenvalue weighted by atomic mass is 10.0. The molecule has 21 heavy (non-hydrogen) atoms. The van der Waals surface area contributed by atoms with E-state index in [1.807, 2.05) is 19.2 Å². The summed E-state index contributed by atoms with van der Waals surface area (Å²) in [6, 6.07) is 9.78. The highest BCUT2D eigenvalue weighted by atomic mass is 35.5. The summed E-state index contributed by atoms with van der Waals surface area (Å²) in [5.74, 6) is 0. The molecule has 3 rings (SSSR count). The summed E-state index contributed by atoms with van der Waals surface area (Å²) in [6.45, 7) is 1.75. The van der Waals surface area contributed by atoms with Crippen LogP contribution in [-0.2, 0) is 6.54 Å². The summed E-state index contributed by atoms with van der Waals surface area (Å²) in [7, 11) is 1.84. The molecule has 3 nitrogen and oxygen atoms in total. The van der Waals surface area contributed by atoms with Crippen molar-refractivity contribution in [2.24, 2.45) is 0 Å². The van der Waals surface area contributed by atoms with Crippen LogP contribution in [0.2, 0.25) is 10.0 Å². The van der Waals surface area contributed by atoms with E-state index in [4.69, 9.17) is 35.4 Å². The molecule has 0 amide bonds. The summed E-state index contributed by atoms with van der Waals surface area (Å²) in [5, 5.41) is 5.08. The minimum atomic E-state index is -0.00142. The summed E-state index contributed by atoms with van der Waals surface area (Å²) in [5.41, 5.74) is 2.20. The minimum Gasteiger partial charge on any atom is -0.366 e. The predicted molar refractivity (Wildman–Crippen MR) is 91.1 cm³/mol. The van der Waals surface area contributed by atoms with Crippen LogP contribution >= 0.6 is 35.4 Å². The number of nitrogens with one attached hydrogen (secondary N) is 1. The highest BCUT2D eigenvalue weighted by molar-refractivity contribution is 7.80. The van der Waals surface area contributed by atoms with Gasteiger partial charge in [-0.2, -0.15) is 0 Å². The van der Waals surface area contributed by atoms with Crippen LogP contribution in [0.5, 0.6) is 0 Å². The van der Waals surface area contributed by atoms with E-state index in [0.717, 1.165) is 23.8 Å². The number of hydrogen-bond acceptors (Lipinski definition) is 1. The lowest BCUT2D eigenvalue weighted by Crippen LogP contribution is -2.46. The van der Waals surface area contributed by atoms with E-state index < -0.39 is 0 Å². The van der Waals surface area contributed by atoms with Crippen molar-refractivity contribution in [3.63, 3.8) is 0 Å². The highest BCUT2D eigenvalue weighted by Crippen LogP contribution is 2.37. The summed E-state index contributed by atoms with van der Waals surface area (Å²) >= 11 is 17.9. The monoisotopic (exact) mass is 339 g/mol. The van der Waals surface area contributed by atoms with Gasteiger partial charge in [0.2, 0.25) is 0 Å². The average Bonchev–Trinajstić information content (AvgIpc) is 2.94. The number of rotatable bonds is 1. The van der Waals surface area contributed by atoms with Crippen molar-refractivity contribution in [1.82, 2.24) is 14.8 Å². The van der Waals surface area contributed by atoms with E-state index in [9.17, 15) is 0 Å². The van der Waals surface area contributed by atoms with Crippen molar-refractivity contribution in [1.29, 1.82) is 0 Å².